The van der Waals surface area contributed by atoms with E-state index in [0.717, 1.165) is 18.6 Å². The normalized spacial score (nSPS) is 21.3. The smallest absolute Gasteiger partial charge is 0.168 e. The van der Waals surface area contributed by atoms with Gasteiger partial charge in [0.15, 0.2) is 5.78 Å². The summed E-state index contributed by atoms with van der Waals surface area (Å²) >= 11 is 1.65. The molecule has 0 saturated carbocycles. The van der Waals surface area contributed by atoms with E-state index in [4.69, 9.17) is 4.99 Å². The molecule has 0 radical (unpaired) electrons. The minimum absolute atomic E-state index is 0.0308. The molecule has 0 spiro atoms. The molecule has 0 bridgehead atoms. The third-order valence-electron chi connectivity index (χ3n) is 5.38. The van der Waals surface area contributed by atoms with E-state index in [1.165, 1.54) is 16.0 Å². The quantitative estimate of drug-likeness (QED) is 0.773. The first kappa shape index (κ1) is 17.2. The number of aliphatic hydroxyl groups is 1. The standard InChI is InChI=1S/C22H23NO2S/c1-2-18(23-17-10-14-6-3-4-7-15(14)11-17)22-19(24)12-16(13-20(22)25)21-8-5-9-26-21/h3-9,16-17,24H,2,10-13H2,1H3. The minimum atomic E-state index is 0.0308. The zero-order valence-electron chi connectivity index (χ0n) is 14.9. The summed E-state index contributed by atoms with van der Waals surface area (Å²) in [6.07, 6.45) is 3.50. The Morgan fingerprint density at radius 2 is 1.85 bits per heavy atom. The summed E-state index contributed by atoms with van der Waals surface area (Å²) in [5.41, 5.74) is 3.96. The molecule has 2 aliphatic rings. The Hall–Kier alpha value is -2.20. The monoisotopic (exact) mass is 365 g/mol. The molecule has 2 aromatic rings. The third-order valence-corrected chi connectivity index (χ3v) is 6.41. The summed E-state index contributed by atoms with van der Waals surface area (Å²) in [5.74, 6) is 0.346. The lowest BCUT2D eigenvalue weighted by Gasteiger charge is -2.23. The predicted octanol–water partition coefficient (Wildman–Crippen LogP) is 5.03. The summed E-state index contributed by atoms with van der Waals surface area (Å²) in [7, 11) is 0. The number of allylic oxidation sites excluding steroid dienone is 2. The number of ketones is 1. The molecule has 3 nitrogen and oxygen atoms in total. The van der Waals surface area contributed by atoms with Gasteiger partial charge in [-0.05, 0) is 41.8 Å². The van der Waals surface area contributed by atoms with E-state index in [1.54, 1.807) is 11.3 Å². The number of aliphatic hydroxyl groups excluding tert-OH is 1. The molecule has 4 heteroatoms. The lowest BCUT2D eigenvalue weighted by Crippen LogP contribution is -2.24. The topological polar surface area (TPSA) is 49.7 Å². The summed E-state index contributed by atoms with van der Waals surface area (Å²) in [5, 5.41) is 12.7. The molecule has 2 aliphatic carbocycles. The Morgan fingerprint density at radius 1 is 1.12 bits per heavy atom. The van der Waals surface area contributed by atoms with Crippen LogP contribution in [0.2, 0.25) is 0 Å². The number of hydrogen-bond acceptors (Lipinski definition) is 4. The number of rotatable bonds is 4. The highest BCUT2D eigenvalue weighted by Gasteiger charge is 2.32. The van der Waals surface area contributed by atoms with Gasteiger partial charge in [0.05, 0.1) is 11.6 Å². The van der Waals surface area contributed by atoms with Crippen LogP contribution in [0.15, 0.2) is 58.1 Å². The van der Waals surface area contributed by atoms with Gasteiger partial charge in [-0.3, -0.25) is 9.79 Å². The van der Waals surface area contributed by atoms with Gasteiger partial charge in [-0.25, -0.2) is 0 Å². The van der Waals surface area contributed by atoms with Crippen LogP contribution in [0.25, 0.3) is 0 Å². The van der Waals surface area contributed by atoms with E-state index in [9.17, 15) is 9.90 Å². The van der Waals surface area contributed by atoms with Gasteiger partial charge in [0.1, 0.15) is 5.76 Å². The third kappa shape index (κ3) is 3.26. The average Bonchev–Trinajstić information content (AvgIpc) is 3.29. The maximum absolute atomic E-state index is 12.8. The van der Waals surface area contributed by atoms with Crippen LogP contribution in [0, 0.1) is 0 Å². The first-order valence-electron chi connectivity index (χ1n) is 9.28. The molecule has 4 rings (SSSR count). The Morgan fingerprint density at radius 3 is 2.42 bits per heavy atom. The first-order valence-corrected chi connectivity index (χ1v) is 10.2. The molecule has 1 atom stereocenters. The number of carbonyl (C=O) groups excluding carboxylic acids is 1. The van der Waals surface area contributed by atoms with E-state index in [0.29, 0.717) is 24.8 Å². The second-order valence-corrected chi connectivity index (χ2v) is 8.10. The van der Waals surface area contributed by atoms with E-state index in [-0.39, 0.29) is 23.5 Å². The molecule has 1 unspecified atom stereocenters. The highest BCUT2D eigenvalue weighted by Crippen LogP contribution is 2.36. The Labute approximate surface area is 158 Å². The molecular formula is C22H23NO2S. The highest BCUT2D eigenvalue weighted by molar-refractivity contribution is 7.10. The Bertz CT molecular complexity index is 854. The number of thiophene rings is 1. The van der Waals surface area contributed by atoms with Crippen molar-refractivity contribution in [2.24, 2.45) is 4.99 Å². The lowest BCUT2D eigenvalue weighted by atomic mass is 9.83. The predicted molar refractivity (Wildman–Crippen MR) is 106 cm³/mol. The van der Waals surface area contributed by atoms with E-state index in [2.05, 4.69) is 24.3 Å². The van der Waals surface area contributed by atoms with Crippen molar-refractivity contribution in [3.63, 3.8) is 0 Å². The van der Waals surface area contributed by atoms with Crippen molar-refractivity contribution < 1.29 is 9.90 Å². The Kier molecular flexibility index (Phi) is 4.77. The fraction of sp³-hybridized carbons (Fsp3) is 0.364. The number of fused-ring (bicyclic) bond motifs is 1. The molecule has 1 heterocycles. The fourth-order valence-electron chi connectivity index (χ4n) is 4.13. The van der Waals surface area contributed by atoms with Gasteiger partial charge in [-0.2, -0.15) is 0 Å². The van der Waals surface area contributed by atoms with Crippen molar-refractivity contribution in [3.8, 4) is 0 Å². The number of hydrogen-bond donors (Lipinski definition) is 1. The van der Waals surface area contributed by atoms with E-state index >= 15 is 0 Å². The van der Waals surface area contributed by atoms with Crippen molar-refractivity contribution in [3.05, 3.63) is 69.1 Å². The molecule has 0 saturated heterocycles. The number of carbonyl (C=O) groups is 1. The molecule has 1 N–H and O–H groups in total. The van der Waals surface area contributed by atoms with Gasteiger partial charge in [0, 0.05) is 29.3 Å². The summed E-state index contributed by atoms with van der Waals surface area (Å²) in [6.45, 7) is 2.01. The zero-order chi connectivity index (χ0) is 18.1. The van der Waals surface area contributed by atoms with Crippen molar-refractivity contribution in [1.29, 1.82) is 0 Å². The maximum Gasteiger partial charge on any atom is 0.168 e. The van der Waals surface area contributed by atoms with Crippen molar-refractivity contribution in [2.75, 3.05) is 0 Å². The molecule has 1 aromatic heterocycles. The van der Waals surface area contributed by atoms with Crippen LogP contribution in [0.1, 0.15) is 48.1 Å². The lowest BCUT2D eigenvalue weighted by molar-refractivity contribution is -0.116. The minimum Gasteiger partial charge on any atom is -0.511 e. The fourth-order valence-corrected chi connectivity index (χ4v) is 4.96. The van der Waals surface area contributed by atoms with Gasteiger partial charge < -0.3 is 5.11 Å². The van der Waals surface area contributed by atoms with Crippen LogP contribution < -0.4 is 0 Å². The van der Waals surface area contributed by atoms with Crippen LogP contribution in [0.4, 0.5) is 0 Å². The number of benzene rings is 1. The van der Waals surface area contributed by atoms with Gasteiger partial charge in [0.25, 0.3) is 0 Å². The summed E-state index contributed by atoms with van der Waals surface area (Å²) < 4.78 is 0. The van der Waals surface area contributed by atoms with E-state index in [1.807, 2.05) is 24.4 Å². The summed E-state index contributed by atoms with van der Waals surface area (Å²) in [4.78, 5) is 18.9. The van der Waals surface area contributed by atoms with E-state index < -0.39 is 0 Å². The highest BCUT2D eigenvalue weighted by atomic mass is 32.1. The van der Waals surface area contributed by atoms with Crippen LogP contribution in [-0.4, -0.2) is 22.6 Å². The second kappa shape index (κ2) is 7.20. The van der Waals surface area contributed by atoms with Crippen LogP contribution in [0.5, 0.6) is 0 Å². The molecular weight excluding hydrogens is 342 g/mol. The van der Waals surface area contributed by atoms with Gasteiger partial charge >= 0.3 is 0 Å². The molecule has 0 aliphatic heterocycles. The zero-order valence-corrected chi connectivity index (χ0v) is 15.8. The Balaban J connectivity index is 1.58. The SMILES string of the molecule is CCC(=NC1Cc2ccccc2C1)C1=C(O)CC(c2cccs2)CC1=O. The average molecular weight is 365 g/mol. The summed E-state index contributed by atoms with van der Waals surface area (Å²) in [6, 6.07) is 12.7. The van der Waals surface area contributed by atoms with Gasteiger partial charge in [0.2, 0.25) is 0 Å². The van der Waals surface area contributed by atoms with Crippen molar-refractivity contribution in [2.45, 2.75) is 51.0 Å². The first-order chi connectivity index (χ1) is 12.7. The molecule has 26 heavy (non-hydrogen) atoms. The number of aliphatic imine (C=N–C) groups is 1. The van der Waals surface area contributed by atoms with Gasteiger partial charge in [-0.15, -0.1) is 11.3 Å². The van der Waals surface area contributed by atoms with Crippen LogP contribution in [0.3, 0.4) is 0 Å². The van der Waals surface area contributed by atoms with Gasteiger partial charge in [-0.1, -0.05) is 37.3 Å². The number of nitrogens with zero attached hydrogens (tertiary/aromatic N) is 1. The maximum atomic E-state index is 12.8. The van der Waals surface area contributed by atoms with Crippen LogP contribution in [-0.2, 0) is 17.6 Å². The molecule has 1 aromatic carbocycles. The van der Waals surface area contributed by atoms with Crippen molar-refractivity contribution >= 4 is 22.8 Å². The molecule has 134 valence electrons. The molecule has 0 amide bonds. The second-order valence-electron chi connectivity index (χ2n) is 7.13. The van der Waals surface area contributed by atoms with Crippen LogP contribution >= 0.6 is 11.3 Å². The molecule has 0 fully saturated rings. The largest absolute Gasteiger partial charge is 0.511 e. The number of Topliss-reactive ketones (excluding diaryl/α,β-unsaturated/α-hetero) is 1. The van der Waals surface area contributed by atoms with Crippen molar-refractivity contribution in [1.82, 2.24) is 0 Å².